The molecule has 27 heavy (non-hydrogen) atoms. The van der Waals surface area contributed by atoms with E-state index in [1.165, 1.54) is 22.3 Å². The fourth-order valence-electron chi connectivity index (χ4n) is 4.54. The van der Waals surface area contributed by atoms with Gasteiger partial charge < -0.3 is 9.47 Å². The molecule has 142 valence electrons. The zero-order valence-corrected chi connectivity index (χ0v) is 16.4. The van der Waals surface area contributed by atoms with Crippen LogP contribution < -0.4 is 9.47 Å². The van der Waals surface area contributed by atoms with E-state index in [0.29, 0.717) is 24.0 Å². The van der Waals surface area contributed by atoms with Gasteiger partial charge in [-0.3, -0.25) is 9.69 Å². The van der Waals surface area contributed by atoms with Gasteiger partial charge >= 0.3 is 5.97 Å². The minimum atomic E-state index is -0.231. The first-order chi connectivity index (χ1) is 13.2. The van der Waals surface area contributed by atoms with Crippen LogP contribution in [0.2, 0.25) is 0 Å². The largest absolute Gasteiger partial charge is 0.493 e. The normalized spacial score (nSPS) is 17.8. The van der Waals surface area contributed by atoms with Gasteiger partial charge in [0.2, 0.25) is 0 Å². The van der Waals surface area contributed by atoms with E-state index in [9.17, 15) is 4.79 Å². The minimum absolute atomic E-state index is 0.231. The van der Waals surface area contributed by atoms with E-state index in [1.54, 1.807) is 7.11 Å². The number of hydrogen-bond acceptors (Lipinski definition) is 4. The molecule has 0 unspecified atom stereocenters. The number of nitrogens with zero attached hydrogens (tertiary/aromatic N) is 1. The monoisotopic (exact) mass is 365 g/mol. The Morgan fingerprint density at radius 2 is 2.04 bits per heavy atom. The third-order valence-electron chi connectivity index (χ3n) is 5.75. The zero-order chi connectivity index (χ0) is 19.0. The fraction of sp³-hybridized carbons (Fsp3) is 0.435. The van der Waals surface area contributed by atoms with Crippen LogP contribution in [-0.4, -0.2) is 31.1 Å². The summed E-state index contributed by atoms with van der Waals surface area (Å²) in [7, 11) is 1.65. The van der Waals surface area contributed by atoms with Gasteiger partial charge in [-0.05, 0) is 54.1 Å². The molecule has 4 rings (SSSR count). The second kappa shape index (κ2) is 7.35. The van der Waals surface area contributed by atoms with Crippen molar-refractivity contribution in [2.24, 2.45) is 0 Å². The van der Waals surface area contributed by atoms with Crippen LogP contribution >= 0.6 is 0 Å². The molecule has 1 aliphatic carbocycles. The molecule has 0 fully saturated rings. The van der Waals surface area contributed by atoms with Gasteiger partial charge in [-0.1, -0.05) is 38.1 Å². The molecule has 0 spiro atoms. The summed E-state index contributed by atoms with van der Waals surface area (Å²) in [6.07, 6.45) is 3.48. The highest BCUT2D eigenvalue weighted by atomic mass is 16.6. The molecular formula is C23H27NO3. The Morgan fingerprint density at radius 1 is 1.22 bits per heavy atom. The van der Waals surface area contributed by atoms with Crippen LogP contribution in [0.25, 0.3) is 11.1 Å². The molecule has 0 saturated carbocycles. The summed E-state index contributed by atoms with van der Waals surface area (Å²) >= 11 is 0. The molecule has 0 bridgehead atoms. The van der Waals surface area contributed by atoms with Crippen LogP contribution in [0.1, 0.15) is 49.4 Å². The van der Waals surface area contributed by atoms with E-state index in [0.717, 1.165) is 37.9 Å². The molecule has 2 aromatic carbocycles. The molecule has 4 heteroatoms. The van der Waals surface area contributed by atoms with E-state index < -0.39 is 0 Å². The van der Waals surface area contributed by atoms with Crippen molar-refractivity contribution in [2.45, 2.75) is 45.6 Å². The number of ether oxygens (including phenoxy) is 2. The van der Waals surface area contributed by atoms with Gasteiger partial charge in [0.05, 0.1) is 7.11 Å². The Labute approximate surface area is 161 Å². The van der Waals surface area contributed by atoms with Gasteiger partial charge in [0, 0.05) is 24.6 Å². The summed E-state index contributed by atoms with van der Waals surface area (Å²) in [5.74, 6) is 1.01. The van der Waals surface area contributed by atoms with Crippen LogP contribution in [0, 0.1) is 0 Å². The lowest BCUT2D eigenvalue weighted by atomic mass is 9.76. The van der Waals surface area contributed by atoms with Crippen LogP contribution in [0.3, 0.4) is 0 Å². The number of fused-ring (bicyclic) bond motifs is 2. The van der Waals surface area contributed by atoms with E-state index in [4.69, 9.17) is 9.47 Å². The highest BCUT2D eigenvalue weighted by molar-refractivity contribution is 5.86. The Bertz CT molecular complexity index is 874. The zero-order valence-electron chi connectivity index (χ0n) is 16.4. The molecule has 0 N–H and O–H groups in total. The number of benzene rings is 2. The van der Waals surface area contributed by atoms with E-state index >= 15 is 0 Å². The van der Waals surface area contributed by atoms with Gasteiger partial charge in [0.15, 0.2) is 11.5 Å². The maximum atomic E-state index is 12.2. The Hall–Kier alpha value is -2.33. The smallest absolute Gasteiger partial charge is 0.311 e. The minimum Gasteiger partial charge on any atom is -0.493 e. The van der Waals surface area contributed by atoms with Crippen LogP contribution in [0.15, 0.2) is 30.3 Å². The molecule has 2 aromatic rings. The number of carbonyl (C=O) groups excluding carboxylic acids is 1. The Balaban J connectivity index is 1.98. The van der Waals surface area contributed by atoms with Crippen molar-refractivity contribution in [3.8, 4) is 22.6 Å². The van der Waals surface area contributed by atoms with Crippen LogP contribution in [0.4, 0.5) is 0 Å². The first-order valence-electron chi connectivity index (χ1n) is 9.94. The van der Waals surface area contributed by atoms with Gasteiger partial charge in [0.1, 0.15) is 0 Å². The maximum Gasteiger partial charge on any atom is 0.311 e. The fourth-order valence-corrected chi connectivity index (χ4v) is 4.54. The maximum absolute atomic E-state index is 12.2. The highest BCUT2D eigenvalue weighted by Gasteiger charge is 2.37. The highest BCUT2D eigenvalue weighted by Crippen LogP contribution is 2.52. The van der Waals surface area contributed by atoms with Gasteiger partial charge in [0.25, 0.3) is 0 Å². The average Bonchev–Trinajstić information content (AvgIpc) is 2.70. The standard InChI is InChI=1S/C23H27NO3/c1-4-11-24-12-10-16-14-19(26-3)23(27-20(25)5-2)22-17-9-7-6-8-15(17)13-18(24)21(16)22/h6-9,14,18H,4-5,10-13H2,1-3H3/t18-/m1/s1. The molecule has 0 radical (unpaired) electrons. The summed E-state index contributed by atoms with van der Waals surface area (Å²) < 4.78 is 11.5. The molecule has 4 nitrogen and oxygen atoms in total. The summed E-state index contributed by atoms with van der Waals surface area (Å²) in [6.45, 7) is 6.19. The van der Waals surface area contributed by atoms with Crippen molar-refractivity contribution >= 4 is 5.97 Å². The second-order valence-electron chi connectivity index (χ2n) is 7.35. The van der Waals surface area contributed by atoms with E-state index in [1.807, 2.05) is 6.92 Å². The predicted molar refractivity (Wildman–Crippen MR) is 106 cm³/mol. The van der Waals surface area contributed by atoms with E-state index in [2.05, 4.69) is 42.2 Å². The number of esters is 1. The van der Waals surface area contributed by atoms with Gasteiger partial charge in [-0.25, -0.2) is 0 Å². The quantitative estimate of drug-likeness (QED) is 0.576. The van der Waals surface area contributed by atoms with Crippen molar-refractivity contribution in [3.05, 3.63) is 47.0 Å². The summed E-state index contributed by atoms with van der Waals surface area (Å²) in [5, 5.41) is 0. The third-order valence-corrected chi connectivity index (χ3v) is 5.75. The third kappa shape index (κ3) is 3.02. The molecule has 0 amide bonds. The summed E-state index contributed by atoms with van der Waals surface area (Å²) in [6, 6.07) is 10.9. The SMILES string of the molecule is CCCN1CCc2cc(OC)c(OC(=O)CC)c3c2[C@H]1Cc1ccccc1-3. The number of carbonyl (C=O) groups is 1. The molecule has 1 heterocycles. The van der Waals surface area contributed by atoms with Gasteiger partial charge in [-0.2, -0.15) is 0 Å². The lowest BCUT2D eigenvalue weighted by Gasteiger charge is -2.42. The molecule has 0 aromatic heterocycles. The average molecular weight is 365 g/mol. The molecular weight excluding hydrogens is 338 g/mol. The number of rotatable bonds is 5. The summed E-state index contributed by atoms with van der Waals surface area (Å²) in [5.41, 5.74) is 6.18. The van der Waals surface area contributed by atoms with Gasteiger partial charge in [-0.15, -0.1) is 0 Å². The Morgan fingerprint density at radius 3 is 2.78 bits per heavy atom. The van der Waals surface area contributed by atoms with Crippen LogP contribution in [-0.2, 0) is 17.6 Å². The first-order valence-corrected chi connectivity index (χ1v) is 9.94. The molecule has 1 atom stereocenters. The topological polar surface area (TPSA) is 38.8 Å². The van der Waals surface area contributed by atoms with Crippen molar-refractivity contribution < 1.29 is 14.3 Å². The second-order valence-corrected chi connectivity index (χ2v) is 7.35. The summed E-state index contributed by atoms with van der Waals surface area (Å²) in [4.78, 5) is 14.8. The molecule has 1 aliphatic heterocycles. The van der Waals surface area contributed by atoms with Crippen molar-refractivity contribution in [3.63, 3.8) is 0 Å². The van der Waals surface area contributed by atoms with Crippen molar-refractivity contribution in [2.75, 3.05) is 20.2 Å². The Kier molecular flexibility index (Phi) is 4.92. The predicted octanol–water partition coefficient (Wildman–Crippen LogP) is 4.54. The van der Waals surface area contributed by atoms with Crippen molar-refractivity contribution in [1.82, 2.24) is 4.90 Å². The number of methoxy groups -OCH3 is 1. The van der Waals surface area contributed by atoms with Crippen LogP contribution in [0.5, 0.6) is 11.5 Å². The number of hydrogen-bond donors (Lipinski definition) is 0. The van der Waals surface area contributed by atoms with E-state index in [-0.39, 0.29) is 5.97 Å². The lowest BCUT2D eigenvalue weighted by molar-refractivity contribution is -0.134. The molecule has 0 saturated heterocycles. The molecule has 2 aliphatic rings. The van der Waals surface area contributed by atoms with Crippen molar-refractivity contribution in [1.29, 1.82) is 0 Å². The first kappa shape index (κ1) is 18.1. The lowest BCUT2D eigenvalue weighted by Crippen LogP contribution is -2.39.